The predicted octanol–water partition coefficient (Wildman–Crippen LogP) is 3.64. The first-order valence-corrected chi connectivity index (χ1v) is 10.8. The second-order valence-electron chi connectivity index (χ2n) is 7.23. The molecular formula is C20H22N4O2S2. The summed E-state index contributed by atoms with van der Waals surface area (Å²) in [6.07, 6.45) is 1.03. The first kappa shape index (κ1) is 18.1. The Morgan fingerprint density at radius 2 is 1.96 bits per heavy atom. The lowest BCUT2D eigenvalue weighted by molar-refractivity contribution is 0.0974. The van der Waals surface area contributed by atoms with Gasteiger partial charge in [0.05, 0.1) is 18.2 Å². The largest absolute Gasteiger partial charge is 0.493 e. The standard InChI is InChI=1S/C20H22N4O2S2/c27-20-24(21-19(26-20)18-2-1-11-28-18)14-23-8-6-22(7-9-23)13-15-3-4-17-16(12-15)5-10-25-17/h1-4,11-12H,5-10,13-14H2. The third-order valence-corrected chi connectivity index (χ3v) is 6.45. The zero-order valence-corrected chi connectivity index (χ0v) is 17.2. The number of fused-ring (bicyclic) bond motifs is 1. The Morgan fingerprint density at radius 1 is 1.11 bits per heavy atom. The van der Waals surface area contributed by atoms with E-state index in [4.69, 9.17) is 21.4 Å². The molecule has 2 aromatic heterocycles. The molecule has 146 valence electrons. The molecule has 1 saturated heterocycles. The summed E-state index contributed by atoms with van der Waals surface area (Å²) in [6.45, 7) is 6.56. The van der Waals surface area contributed by atoms with Crippen LogP contribution in [0.3, 0.4) is 0 Å². The van der Waals surface area contributed by atoms with Gasteiger partial charge in [0.15, 0.2) is 0 Å². The molecule has 1 aromatic carbocycles. The van der Waals surface area contributed by atoms with Crippen molar-refractivity contribution >= 4 is 23.6 Å². The van der Waals surface area contributed by atoms with Crippen molar-refractivity contribution in [2.75, 3.05) is 32.8 Å². The summed E-state index contributed by atoms with van der Waals surface area (Å²) >= 11 is 6.96. The molecule has 0 atom stereocenters. The SMILES string of the molecule is S=c1oc(-c2cccs2)nn1CN1CCN(Cc2ccc3c(c2)CCO3)CC1. The van der Waals surface area contributed by atoms with Crippen LogP contribution in [-0.4, -0.2) is 52.4 Å². The molecule has 1 fully saturated rings. The van der Waals surface area contributed by atoms with E-state index >= 15 is 0 Å². The molecule has 2 aliphatic heterocycles. The molecule has 4 heterocycles. The lowest BCUT2D eigenvalue weighted by Gasteiger charge is -2.34. The molecule has 0 radical (unpaired) electrons. The fraction of sp³-hybridized carbons (Fsp3) is 0.400. The van der Waals surface area contributed by atoms with Crippen LogP contribution in [0, 0.1) is 4.84 Å². The van der Waals surface area contributed by atoms with Crippen molar-refractivity contribution in [3.63, 3.8) is 0 Å². The van der Waals surface area contributed by atoms with Gasteiger partial charge in [-0.25, -0.2) is 4.68 Å². The van der Waals surface area contributed by atoms with E-state index in [1.54, 1.807) is 16.0 Å². The number of piperazine rings is 1. The zero-order chi connectivity index (χ0) is 18.9. The number of hydrogen-bond acceptors (Lipinski definition) is 7. The van der Waals surface area contributed by atoms with Crippen LogP contribution < -0.4 is 4.74 Å². The van der Waals surface area contributed by atoms with Crippen molar-refractivity contribution in [3.8, 4) is 16.5 Å². The third-order valence-electron chi connectivity index (χ3n) is 5.30. The molecule has 6 nitrogen and oxygen atoms in total. The predicted molar refractivity (Wildman–Crippen MR) is 111 cm³/mol. The van der Waals surface area contributed by atoms with Crippen molar-refractivity contribution in [2.24, 2.45) is 0 Å². The van der Waals surface area contributed by atoms with Gasteiger partial charge in [0.2, 0.25) is 0 Å². The van der Waals surface area contributed by atoms with E-state index in [2.05, 4.69) is 33.1 Å². The number of aromatic nitrogens is 2. The molecule has 0 saturated carbocycles. The normalized spacial score (nSPS) is 17.6. The summed E-state index contributed by atoms with van der Waals surface area (Å²) < 4.78 is 13.1. The van der Waals surface area contributed by atoms with Crippen molar-refractivity contribution in [1.29, 1.82) is 0 Å². The number of nitrogens with zero attached hydrogens (tertiary/aromatic N) is 4. The van der Waals surface area contributed by atoms with Crippen LogP contribution in [-0.2, 0) is 19.6 Å². The van der Waals surface area contributed by atoms with Gasteiger partial charge in [-0.3, -0.25) is 9.80 Å². The molecule has 0 aliphatic carbocycles. The van der Waals surface area contributed by atoms with Crippen molar-refractivity contribution in [2.45, 2.75) is 19.6 Å². The molecular weight excluding hydrogens is 392 g/mol. The summed E-state index contributed by atoms with van der Waals surface area (Å²) in [5.74, 6) is 1.67. The van der Waals surface area contributed by atoms with Crippen LogP contribution in [0.1, 0.15) is 11.1 Å². The highest BCUT2D eigenvalue weighted by atomic mass is 32.1. The summed E-state index contributed by atoms with van der Waals surface area (Å²) in [4.78, 5) is 6.33. The molecule has 0 N–H and O–H groups in total. The van der Waals surface area contributed by atoms with Crippen molar-refractivity contribution < 1.29 is 9.15 Å². The summed E-state index contributed by atoms with van der Waals surface area (Å²) in [6, 6.07) is 10.6. The Kier molecular flexibility index (Phi) is 5.02. The minimum Gasteiger partial charge on any atom is -0.493 e. The molecule has 0 amide bonds. The number of ether oxygens (including phenoxy) is 1. The lowest BCUT2D eigenvalue weighted by atomic mass is 10.1. The third kappa shape index (κ3) is 3.77. The molecule has 5 rings (SSSR count). The smallest absolute Gasteiger partial charge is 0.288 e. The van der Waals surface area contributed by atoms with Gasteiger partial charge in [-0.05, 0) is 40.9 Å². The van der Waals surface area contributed by atoms with Gasteiger partial charge in [0.1, 0.15) is 5.75 Å². The molecule has 0 bridgehead atoms. The van der Waals surface area contributed by atoms with Crippen LogP contribution in [0.2, 0.25) is 0 Å². The van der Waals surface area contributed by atoms with Gasteiger partial charge in [0.25, 0.3) is 10.7 Å². The van der Waals surface area contributed by atoms with Crippen LogP contribution in [0.5, 0.6) is 5.75 Å². The van der Waals surface area contributed by atoms with Crippen molar-refractivity contribution in [1.82, 2.24) is 19.6 Å². The second kappa shape index (κ2) is 7.79. The molecule has 28 heavy (non-hydrogen) atoms. The fourth-order valence-corrected chi connectivity index (χ4v) is 4.59. The quantitative estimate of drug-likeness (QED) is 0.594. The highest BCUT2D eigenvalue weighted by Crippen LogP contribution is 2.26. The number of thiophene rings is 1. The first-order valence-electron chi connectivity index (χ1n) is 9.56. The van der Waals surface area contributed by atoms with Gasteiger partial charge in [-0.2, -0.15) is 0 Å². The van der Waals surface area contributed by atoms with Gasteiger partial charge in [-0.1, -0.05) is 18.2 Å². The van der Waals surface area contributed by atoms with Crippen LogP contribution >= 0.6 is 23.6 Å². The Hall–Kier alpha value is -2.00. The highest BCUT2D eigenvalue weighted by molar-refractivity contribution is 7.71. The minimum absolute atomic E-state index is 0.436. The summed E-state index contributed by atoms with van der Waals surface area (Å²) in [7, 11) is 0. The molecule has 3 aromatic rings. The number of hydrogen-bond donors (Lipinski definition) is 0. The Labute approximate surface area is 172 Å². The van der Waals surface area contributed by atoms with Crippen molar-refractivity contribution in [3.05, 3.63) is 51.7 Å². The number of benzene rings is 1. The van der Waals surface area contributed by atoms with Gasteiger partial charge in [-0.15, -0.1) is 16.4 Å². The van der Waals surface area contributed by atoms with E-state index in [1.165, 1.54) is 11.1 Å². The maximum absolute atomic E-state index is 5.67. The maximum Gasteiger partial charge on any atom is 0.288 e. The second-order valence-corrected chi connectivity index (χ2v) is 8.52. The monoisotopic (exact) mass is 414 g/mol. The molecule has 8 heteroatoms. The molecule has 0 spiro atoms. The van der Waals surface area contributed by atoms with Crippen LogP contribution in [0.25, 0.3) is 10.8 Å². The summed E-state index contributed by atoms with van der Waals surface area (Å²) in [5, 5.41) is 6.57. The van der Waals surface area contributed by atoms with Gasteiger partial charge < -0.3 is 9.15 Å². The van der Waals surface area contributed by atoms with Gasteiger partial charge >= 0.3 is 0 Å². The Bertz CT molecular complexity index is 1000. The highest BCUT2D eigenvalue weighted by Gasteiger charge is 2.20. The minimum atomic E-state index is 0.436. The lowest BCUT2D eigenvalue weighted by Crippen LogP contribution is -2.46. The van der Waals surface area contributed by atoms with E-state index in [0.717, 1.165) is 56.4 Å². The van der Waals surface area contributed by atoms with E-state index in [9.17, 15) is 0 Å². The van der Waals surface area contributed by atoms with E-state index in [1.807, 2.05) is 17.5 Å². The first-order chi connectivity index (χ1) is 13.7. The number of rotatable bonds is 5. The Balaban J connectivity index is 1.17. The summed E-state index contributed by atoms with van der Waals surface area (Å²) in [5.41, 5.74) is 2.72. The Morgan fingerprint density at radius 3 is 2.79 bits per heavy atom. The topological polar surface area (TPSA) is 46.7 Å². The van der Waals surface area contributed by atoms with Gasteiger partial charge in [0, 0.05) is 39.1 Å². The average molecular weight is 415 g/mol. The molecule has 2 aliphatic rings. The zero-order valence-electron chi connectivity index (χ0n) is 15.5. The molecule has 0 unspecified atom stereocenters. The van der Waals surface area contributed by atoms with Crippen LogP contribution in [0.15, 0.2) is 40.1 Å². The fourth-order valence-electron chi connectivity index (χ4n) is 3.77. The van der Waals surface area contributed by atoms with E-state index < -0.39 is 0 Å². The van der Waals surface area contributed by atoms with E-state index in [0.29, 0.717) is 17.4 Å². The van der Waals surface area contributed by atoms with E-state index in [-0.39, 0.29) is 0 Å². The van der Waals surface area contributed by atoms with Crippen LogP contribution in [0.4, 0.5) is 0 Å². The maximum atomic E-state index is 5.67. The average Bonchev–Trinajstić information content (AvgIpc) is 3.45.